The van der Waals surface area contributed by atoms with Gasteiger partial charge in [0.15, 0.2) is 5.75 Å². The molecule has 0 spiro atoms. The van der Waals surface area contributed by atoms with E-state index >= 15 is 0 Å². The van der Waals surface area contributed by atoms with Gasteiger partial charge in [-0.25, -0.2) is 10.2 Å². The van der Waals surface area contributed by atoms with Crippen LogP contribution in [0.5, 0.6) is 17.2 Å². The van der Waals surface area contributed by atoms with E-state index in [4.69, 9.17) is 19.5 Å². The first kappa shape index (κ1) is 30.6. The summed E-state index contributed by atoms with van der Waals surface area (Å²) in [6.45, 7) is 11.0. The van der Waals surface area contributed by atoms with Gasteiger partial charge >= 0.3 is 0 Å². The van der Waals surface area contributed by atoms with Gasteiger partial charge in [0.05, 0.1) is 51.5 Å². The molecule has 1 saturated heterocycles. The minimum atomic E-state index is 0. The number of rotatable bonds is 10. The molecule has 2 aromatic heterocycles. The lowest BCUT2D eigenvalue weighted by Crippen LogP contribution is -2.38. The second kappa shape index (κ2) is 15.0. The van der Waals surface area contributed by atoms with Crippen LogP contribution in [0.2, 0.25) is 0 Å². The maximum atomic E-state index is 8.40. The fraction of sp³-hybridized carbons (Fsp3) is 0.367. The van der Waals surface area contributed by atoms with Crippen molar-refractivity contribution in [3.8, 4) is 17.2 Å². The molecule has 3 N–H and O–H groups in total. The van der Waals surface area contributed by atoms with Crippen molar-refractivity contribution in [2.45, 2.75) is 27.3 Å². The van der Waals surface area contributed by atoms with Gasteiger partial charge in [-0.3, -0.25) is 9.58 Å². The topological polar surface area (TPSA) is 128 Å². The molecule has 0 atom stereocenters. The molecule has 5 rings (SSSR count). The number of hydrogen-bond donors (Lipinski definition) is 3. The number of aromatic nitrogens is 4. The van der Waals surface area contributed by atoms with Gasteiger partial charge in [-0.15, -0.1) is 0 Å². The van der Waals surface area contributed by atoms with Crippen LogP contribution in [0.25, 0.3) is 0 Å². The van der Waals surface area contributed by atoms with Gasteiger partial charge in [0.25, 0.3) is 0 Å². The van der Waals surface area contributed by atoms with Crippen LogP contribution in [0.4, 0.5) is 23.1 Å². The molecule has 0 bridgehead atoms. The van der Waals surface area contributed by atoms with Crippen LogP contribution in [-0.2, 0) is 11.3 Å². The smallest absolute Gasteiger partial charge is 0.229 e. The summed E-state index contributed by atoms with van der Waals surface area (Å²) in [6.07, 6.45) is 3.75. The summed E-state index contributed by atoms with van der Waals surface area (Å²) in [7, 11) is 3.24. The molecule has 3 heterocycles. The number of anilines is 4. The first-order valence-electron chi connectivity index (χ1n) is 13.7. The third-order valence-electron chi connectivity index (χ3n) is 6.66. The SMILES string of the molecule is COc1ccc(Nc2cc(C)nc(Nc3cnn(CCN4CCOCC4)c3)n2)c(OC)c1.Cc1cccc(C)c1OO.[HH]. The van der Waals surface area contributed by atoms with Crippen LogP contribution < -0.4 is 25.0 Å². The average Bonchev–Trinajstić information content (AvgIpc) is 3.44. The predicted molar refractivity (Wildman–Crippen MR) is 164 cm³/mol. The van der Waals surface area contributed by atoms with Gasteiger partial charge in [0.2, 0.25) is 5.95 Å². The highest BCUT2D eigenvalue weighted by Gasteiger charge is 2.12. The van der Waals surface area contributed by atoms with Crippen molar-refractivity contribution >= 4 is 23.1 Å². The number of hydrogen-bond acceptors (Lipinski definition) is 11. The molecule has 0 radical (unpaired) electrons. The Kier molecular flexibility index (Phi) is 10.9. The molecular weight excluding hydrogens is 538 g/mol. The molecule has 0 amide bonds. The number of aryl methyl sites for hydroxylation is 3. The number of para-hydroxylation sites is 1. The summed E-state index contributed by atoms with van der Waals surface area (Å²) < 4.78 is 18.0. The number of methoxy groups -OCH3 is 2. The maximum Gasteiger partial charge on any atom is 0.229 e. The summed E-state index contributed by atoms with van der Waals surface area (Å²) in [5.41, 5.74) is 4.35. The van der Waals surface area contributed by atoms with E-state index in [1.165, 1.54) is 0 Å². The molecule has 0 aliphatic carbocycles. The van der Waals surface area contributed by atoms with E-state index in [9.17, 15) is 0 Å². The van der Waals surface area contributed by atoms with Crippen LogP contribution in [0.3, 0.4) is 0 Å². The lowest BCUT2D eigenvalue weighted by Gasteiger charge is -2.26. The fourth-order valence-corrected chi connectivity index (χ4v) is 4.42. The third-order valence-corrected chi connectivity index (χ3v) is 6.66. The van der Waals surface area contributed by atoms with E-state index in [2.05, 4.69) is 35.5 Å². The van der Waals surface area contributed by atoms with Crippen molar-refractivity contribution in [1.29, 1.82) is 0 Å². The molecule has 0 unspecified atom stereocenters. The highest BCUT2D eigenvalue weighted by atomic mass is 17.1. The molecule has 12 nitrogen and oxygen atoms in total. The first-order valence-corrected chi connectivity index (χ1v) is 13.7. The van der Waals surface area contributed by atoms with Gasteiger partial charge in [0, 0.05) is 45.1 Å². The van der Waals surface area contributed by atoms with Crippen LogP contribution in [-0.4, -0.2) is 77.0 Å². The van der Waals surface area contributed by atoms with Crippen LogP contribution in [0.1, 0.15) is 18.2 Å². The highest BCUT2D eigenvalue weighted by Crippen LogP contribution is 2.31. The largest absolute Gasteiger partial charge is 0.497 e. The Morgan fingerprint density at radius 1 is 0.952 bits per heavy atom. The van der Waals surface area contributed by atoms with Gasteiger partial charge < -0.3 is 29.7 Å². The van der Waals surface area contributed by atoms with E-state index in [1.54, 1.807) is 20.4 Å². The molecule has 2 aromatic carbocycles. The minimum Gasteiger partial charge on any atom is -0.497 e. The maximum absolute atomic E-state index is 8.40. The quantitative estimate of drug-likeness (QED) is 0.169. The van der Waals surface area contributed by atoms with Crippen LogP contribution >= 0.6 is 0 Å². The molecule has 1 aliphatic heterocycles. The Bertz CT molecular complexity index is 1430. The van der Waals surface area contributed by atoms with Crippen molar-refractivity contribution in [1.82, 2.24) is 24.6 Å². The van der Waals surface area contributed by atoms with Crippen molar-refractivity contribution in [3.63, 3.8) is 0 Å². The monoisotopic (exact) mass is 579 g/mol. The Morgan fingerprint density at radius 3 is 2.38 bits per heavy atom. The van der Waals surface area contributed by atoms with E-state index in [-0.39, 0.29) is 1.43 Å². The molecule has 12 heteroatoms. The number of morpholine rings is 1. The summed E-state index contributed by atoms with van der Waals surface area (Å²) in [4.78, 5) is 15.6. The van der Waals surface area contributed by atoms with Gasteiger partial charge in [-0.1, -0.05) is 18.2 Å². The second-order valence-electron chi connectivity index (χ2n) is 9.79. The van der Waals surface area contributed by atoms with Crippen LogP contribution in [0.15, 0.2) is 54.9 Å². The Morgan fingerprint density at radius 2 is 1.71 bits per heavy atom. The van der Waals surface area contributed by atoms with Crippen molar-refractivity contribution in [2.24, 2.45) is 0 Å². The van der Waals surface area contributed by atoms with Gasteiger partial charge in [-0.05, 0) is 44.0 Å². The fourth-order valence-electron chi connectivity index (χ4n) is 4.42. The second-order valence-corrected chi connectivity index (χ2v) is 9.79. The Labute approximate surface area is 247 Å². The predicted octanol–water partition coefficient (Wildman–Crippen LogP) is 5.22. The zero-order valence-corrected chi connectivity index (χ0v) is 24.8. The van der Waals surface area contributed by atoms with E-state index in [0.717, 1.165) is 73.3 Å². The lowest BCUT2D eigenvalue weighted by atomic mass is 10.1. The van der Waals surface area contributed by atoms with Crippen molar-refractivity contribution < 1.29 is 25.8 Å². The van der Waals surface area contributed by atoms with Crippen molar-refractivity contribution in [3.05, 3.63) is 71.7 Å². The van der Waals surface area contributed by atoms with Gasteiger partial charge in [0.1, 0.15) is 17.3 Å². The van der Waals surface area contributed by atoms with E-state index in [0.29, 0.717) is 23.3 Å². The zero-order chi connectivity index (χ0) is 29.9. The van der Waals surface area contributed by atoms with Crippen LogP contribution in [0, 0.1) is 20.8 Å². The molecule has 4 aromatic rings. The first-order chi connectivity index (χ1) is 20.4. The molecular formula is C30H41N7O5. The minimum absolute atomic E-state index is 0. The zero-order valence-electron chi connectivity index (χ0n) is 24.8. The average molecular weight is 580 g/mol. The summed E-state index contributed by atoms with van der Waals surface area (Å²) >= 11 is 0. The number of nitrogens with zero attached hydrogens (tertiary/aromatic N) is 5. The summed E-state index contributed by atoms with van der Waals surface area (Å²) in [5.74, 6) is 3.09. The number of ether oxygens (including phenoxy) is 3. The Balaban J connectivity index is 0.000000392. The molecule has 42 heavy (non-hydrogen) atoms. The number of nitrogens with one attached hydrogen (secondary N) is 2. The normalized spacial score (nSPS) is 13.1. The lowest BCUT2D eigenvalue weighted by molar-refractivity contribution is -0.138. The number of benzene rings is 2. The molecule has 1 aliphatic rings. The van der Waals surface area contributed by atoms with Gasteiger partial charge in [-0.2, -0.15) is 10.1 Å². The molecule has 1 fully saturated rings. The summed E-state index contributed by atoms with van der Waals surface area (Å²) in [6, 6.07) is 13.1. The van der Waals surface area contributed by atoms with E-state index in [1.807, 2.05) is 74.1 Å². The standard InChI is InChI=1S/C22H29N7O3.C8H10O2.H2/c1-16-12-21(26-19-5-4-18(30-2)13-20(19)31-3)27-22(24-16)25-17-14-23-29(15-17)7-6-28-8-10-32-11-9-28;1-6-4-3-5-7(2)8(6)10-9;/h4-5,12-15H,6-11H2,1-3H3,(H2,24,25,26,27);3-5,9H,1-2H3;1H. The molecule has 226 valence electrons. The van der Waals surface area contributed by atoms with E-state index < -0.39 is 0 Å². The molecule has 0 saturated carbocycles. The Hall–Kier alpha value is -4.39. The van der Waals surface area contributed by atoms with Crippen molar-refractivity contribution in [2.75, 3.05) is 57.7 Å². The highest BCUT2D eigenvalue weighted by molar-refractivity contribution is 5.67. The third kappa shape index (κ3) is 8.56. The summed E-state index contributed by atoms with van der Waals surface area (Å²) in [5, 5.41) is 19.4.